The Bertz CT molecular complexity index is 1240. The van der Waals surface area contributed by atoms with E-state index in [-0.39, 0.29) is 0 Å². The maximum atomic E-state index is 2.79. The lowest BCUT2D eigenvalue weighted by molar-refractivity contribution is 0.134. The highest BCUT2D eigenvalue weighted by atomic mass is 15.3. The normalized spacial score (nSPS) is 26.0. The van der Waals surface area contributed by atoms with Gasteiger partial charge >= 0.3 is 0 Å². The van der Waals surface area contributed by atoms with Crippen LogP contribution in [-0.4, -0.2) is 16.1 Å². The van der Waals surface area contributed by atoms with Gasteiger partial charge in [-0.2, -0.15) is 0 Å². The number of aromatic nitrogens is 1. The molecule has 3 aliphatic rings. The minimum absolute atomic E-state index is 0.296. The topological polar surface area (TPSA) is 8.17 Å². The minimum Gasteiger partial charge on any atom is -0.363 e. The monoisotopic (exact) mass is 394 g/mol. The Labute approximate surface area is 179 Å². The lowest BCUT2D eigenvalue weighted by Crippen LogP contribution is -2.61. The Morgan fingerprint density at radius 1 is 0.833 bits per heavy atom. The molecule has 4 aromatic rings. The van der Waals surface area contributed by atoms with Gasteiger partial charge in [0.15, 0.2) is 0 Å². The lowest BCUT2D eigenvalue weighted by Gasteiger charge is -2.58. The molecular weight excluding hydrogens is 364 g/mol. The van der Waals surface area contributed by atoms with Crippen molar-refractivity contribution in [2.24, 2.45) is 5.92 Å². The molecule has 3 heterocycles. The zero-order valence-electron chi connectivity index (χ0n) is 18.2. The molecule has 3 aromatic carbocycles. The molecule has 2 heteroatoms. The van der Waals surface area contributed by atoms with E-state index < -0.39 is 0 Å². The van der Waals surface area contributed by atoms with E-state index in [9.17, 15) is 0 Å². The zero-order valence-corrected chi connectivity index (χ0v) is 18.2. The van der Waals surface area contributed by atoms with E-state index in [0.29, 0.717) is 11.6 Å². The van der Waals surface area contributed by atoms with Crippen molar-refractivity contribution in [2.75, 3.05) is 4.90 Å². The van der Waals surface area contributed by atoms with Crippen molar-refractivity contribution in [3.8, 4) is 5.69 Å². The molecule has 1 saturated carbocycles. The average molecular weight is 395 g/mol. The summed E-state index contributed by atoms with van der Waals surface area (Å²) >= 11 is 0. The van der Waals surface area contributed by atoms with E-state index in [2.05, 4.69) is 97.0 Å². The number of hydrogen-bond acceptors (Lipinski definition) is 1. The summed E-state index contributed by atoms with van der Waals surface area (Å²) in [5, 5.41) is 2.71. The molecule has 0 radical (unpaired) electrons. The first-order chi connectivity index (χ1) is 14.6. The summed E-state index contributed by atoms with van der Waals surface area (Å²) in [5.74, 6) is 0.840. The molecule has 2 bridgehead atoms. The number of nitrogens with zero attached hydrogens (tertiary/aromatic N) is 2. The number of piperidine rings is 2. The Morgan fingerprint density at radius 3 is 2.27 bits per heavy atom. The molecule has 1 atom stereocenters. The van der Waals surface area contributed by atoms with Gasteiger partial charge in [-0.3, -0.25) is 0 Å². The van der Waals surface area contributed by atoms with E-state index >= 15 is 0 Å². The number of benzene rings is 3. The molecule has 0 N–H and O–H groups in total. The van der Waals surface area contributed by atoms with E-state index in [1.54, 1.807) is 0 Å². The highest BCUT2D eigenvalue weighted by Gasteiger charge is 2.47. The standard InChI is InChI=1S/C28H30N2/c1-19-17-27-24(18-26(19)30-20(2)21-13-15-28(30,3)16-14-21)23-11-7-8-12-25(23)29(27)22-9-5-4-6-10-22/h4-12,17-18,20-21H,13-16H2,1-3H3. The van der Waals surface area contributed by atoms with Crippen LogP contribution < -0.4 is 4.90 Å². The summed E-state index contributed by atoms with van der Waals surface area (Å²) in [7, 11) is 0. The maximum absolute atomic E-state index is 2.79. The van der Waals surface area contributed by atoms with E-state index in [0.717, 1.165) is 5.92 Å². The fraction of sp³-hybridized carbons (Fsp3) is 0.357. The van der Waals surface area contributed by atoms with Crippen LogP contribution in [0, 0.1) is 12.8 Å². The number of hydrogen-bond donors (Lipinski definition) is 0. The molecule has 0 amide bonds. The first-order valence-electron chi connectivity index (χ1n) is 11.5. The van der Waals surface area contributed by atoms with Gasteiger partial charge in [-0.1, -0.05) is 36.4 Å². The average Bonchev–Trinajstić information content (AvgIpc) is 3.07. The third-order valence-electron chi connectivity index (χ3n) is 8.04. The largest absolute Gasteiger partial charge is 0.363 e. The van der Waals surface area contributed by atoms with Gasteiger partial charge in [0.05, 0.1) is 11.0 Å². The predicted molar refractivity (Wildman–Crippen MR) is 128 cm³/mol. The first kappa shape index (κ1) is 18.1. The van der Waals surface area contributed by atoms with Crippen molar-refractivity contribution in [3.63, 3.8) is 0 Å². The Hall–Kier alpha value is -2.74. The smallest absolute Gasteiger partial charge is 0.0545 e. The molecule has 30 heavy (non-hydrogen) atoms. The van der Waals surface area contributed by atoms with Gasteiger partial charge in [0, 0.05) is 33.7 Å². The summed E-state index contributed by atoms with van der Waals surface area (Å²) in [6.45, 7) is 7.26. The fourth-order valence-electron chi connectivity index (χ4n) is 6.42. The van der Waals surface area contributed by atoms with Gasteiger partial charge in [0.2, 0.25) is 0 Å². The van der Waals surface area contributed by atoms with E-state index in [1.165, 1.54) is 64.4 Å². The molecule has 1 aliphatic carbocycles. The van der Waals surface area contributed by atoms with Crippen LogP contribution in [0.15, 0.2) is 66.7 Å². The van der Waals surface area contributed by atoms with Crippen LogP contribution in [0.2, 0.25) is 0 Å². The third-order valence-corrected chi connectivity index (χ3v) is 8.04. The van der Waals surface area contributed by atoms with Crippen LogP contribution in [0.1, 0.15) is 45.1 Å². The number of anilines is 1. The summed E-state index contributed by atoms with van der Waals surface area (Å²) in [6, 6.07) is 25.2. The molecule has 152 valence electrons. The quantitative estimate of drug-likeness (QED) is 0.347. The maximum Gasteiger partial charge on any atom is 0.0545 e. The molecule has 7 rings (SSSR count). The second-order valence-electron chi connectivity index (χ2n) is 9.79. The van der Waals surface area contributed by atoms with Crippen molar-refractivity contribution >= 4 is 27.5 Å². The molecule has 1 unspecified atom stereocenters. The highest BCUT2D eigenvalue weighted by Crippen LogP contribution is 2.50. The second kappa shape index (κ2) is 6.38. The van der Waals surface area contributed by atoms with Gasteiger partial charge in [-0.05, 0) is 88.3 Å². The van der Waals surface area contributed by atoms with Crippen LogP contribution >= 0.6 is 0 Å². The van der Waals surface area contributed by atoms with E-state index in [1.807, 2.05) is 0 Å². The van der Waals surface area contributed by atoms with Crippen LogP contribution in [0.25, 0.3) is 27.5 Å². The molecule has 1 aromatic heterocycles. The molecule has 2 nitrogen and oxygen atoms in total. The Morgan fingerprint density at radius 2 is 1.53 bits per heavy atom. The van der Waals surface area contributed by atoms with Crippen molar-refractivity contribution in [1.82, 2.24) is 4.57 Å². The fourth-order valence-corrected chi connectivity index (χ4v) is 6.42. The SMILES string of the molecule is Cc1cc2c(cc1N1C(C)C3CCC1(C)CC3)c1ccccc1n2-c1ccccc1. The highest BCUT2D eigenvalue weighted by molar-refractivity contribution is 6.10. The van der Waals surface area contributed by atoms with Crippen LogP contribution in [0.5, 0.6) is 0 Å². The Balaban J connectivity index is 1.63. The first-order valence-corrected chi connectivity index (χ1v) is 11.5. The van der Waals surface area contributed by atoms with Crippen LogP contribution in [0.3, 0.4) is 0 Å². The van der Waals surface area contributed by atoms with Crippen LogP contribution in [0.4, 0.5) is 5.69 Å². The summed E-state index contributed by atoms with van der Waals surface area (Å²) in [6.07, 6.45) is 5.43. The van der Waals surface area contributed by atoms with Crippen molar-refractivity contribution in [1.29, 1.82) is 0 Å². The van der Waals surface area contributed by atoms with Crippen molar-refractivity contribution in [3.05, 3.63) is 72.3 Å². The minimum atomic E-state index is 0.296. The second-order valence-corrected chi connectivity index (χ2v) is 9.79. The third kappa shape index (κ3) is 2.43. The number of rotatable bonds is 2. The number of aryl methyl sites for hydroxylation is 1. The molecular formula is C28H30N2. The van der Waals surface area contributed by atoms with Crippen LogP contribution in [-0.2, 0) is 0 Å². The molecule has 0 spiro atoms. The summed E-state index contributed by atoms with van der Waals surface area (Å²) < 4.78 is 2.43. The van der Waals surface area contributed by atoms with E-state index in [4.69, 9.17) is 0 Å². The van der Waals surface area contributed by atoms with Gasteiger partial charge in [0.1, 0.15) is 0 Å². The Kier molecular flexibility index (Phi) is 3.84. The van der Waals surface area contributed by atoms with Crippen molar-refractivity contribution in [2.45, 2.75) is 58.0 Å². The summed E-state index contributed by atoms with van der Waals surface area (Å²) in [4.78, 5) is 2.79. The van der Waals surface area contributed by atoms with Gasteiger partial charge < -0.3 is 9.47 Å². The number of para-hydroxylation sites is 2. The predicted octanol–water partition coefficient (Wildman–Crippen LogP) is 7.25. The molecule has 2 saturated heterocycles. The van der Waals surface area contributed by atoms with Gasteiger partial charge in [-0.25, -0.2) is 0 Å². The summed E-state index contributed by atoms with van der Waals surface area (Å²) in [5.41, 5.74) is 6.96. The molecule has 2 aliphatic heterocycles. The van der Waals surface area contributed by atoms with Gasteiger partial charge in [0.25, 0.3) is 0 Å². The zero-order chi connectivity index (χ0) is 20.5. The van der Waals surface area contributed by atoms with Crippen molar-refractivity contribution < 1.29 is 0 Å². The number of fused-ring (bicyclic) bond motifs is 6. The van der Waals surface area contributed by atoms with Gasteiger partial charge in [-0.15, -0.1) is 0 Å². The lowest BCUT2D eigenvalue weighted by atomic mass is 9.67. The molecule has 3 fully saturated rings.